The molecule has 0 bridgehead atoms. The Morgan fingerprint density at radius 3 is 2.94 bits per heavy atom. The lowest BCUT2D eigenvalue weighted by atomic mass is 10.2. The number of nitrogens with zero attached hydrogens (tertiary/aromatic N) is 1. The molecular weight excluding hydrogens is 256 g/mol. The summed E-state index contributed by atoms with van der Waals surface area (Å²) in [5.74, 6) is -0.230. The molecule has 0 aliphatic heterocycles. The quantitative estimate of drug-likeness (QED) is 0.763. The lowest BCUT2D eigenvalue weighted by molar-refractivity contribution is 0.0587. The monoisotopic (exact) mass is 272 g/mol. The van der Waals surface area contributed by atoms with Gasteiger partial charge in [-0.05, 0) is 25.5 Å². The predicted octanol–water partition coefficient (Wildman–Crippen LogP) is 1.17. The molecule has 0 radical (unpaired) electrons. The van der Waals surface area contributed by atoms with Gasteiger partial charge in [0.2, 0.25) is 0 Å². The highest BCUT2D eigenvalue weighted by Crippen LogP contribution is 2.10. The van der Waals surface area contributed by atoms with Crippen LogP contribution in [0.4, 0.5) is 0 Å². The van der Waals surface area contributed by atoms with Gasteiger partial charge in [-0.1, -0.05) is 11.6 Å². The standard InChI is InChI=1S/C12H17ClN2O3/c1-8-5-9(6-11(13)15-8)12(17)14-4-3-10(16)7-18-2/h5-6,10,16H,3-4,7H2,1-2H3,(H,14,17). The van der Waals surface area contributed by atoms with Gasteiger partial charge in [-0.2, -0.15) is 0 Å². The average molecular weight is 273 g/mol. The van der Waals surface area contributed by atoms with E-state index in [1.807, 2.05) is 0 Å². The van der Waals surface area contributed by atoms with E-state index in [-0.39, 0.29) is 12.5 Å². The van der Waals surface area contributed by atoms with Crippen molar-refractivity contribution in [2.45, 2.75) is 19.4 Å². The molecule has 1 aromatic rings. The third-order valence-electron chi connectivity index (χ3n) is 2.31. The maximum absolute atomic E-state index is 11.8. The zero-order valence-corrected chi connectivity index (χ0v) is 11.2. The molecule has 1 unspecified atom stereocenters. The summed E-state index contributed by atoms with van der Waals surface area (Å²) >= 11 is 5.77. The van der Waals surface area contributed by atoms with Gasteiger partial charge >= 0.3 is 0 Å². The molecule has 0 saturated heterocycles. The summed E-state index contributed by atoms with van der Waals surface area (Å²) in [6, 6.07) is 3.17. The summed E-state index contributed by atoms with van der Waals surface area (Å²) in [5.41, 5.74) is 1.15. The lowest BCUT2D eigenvalue weighted by Crippen LogP contribution is -2.28. The number of carbonyl (C=O) groups is 1. The van der Waals surface area contributed by atoms with Gasteiger partial charge in [-0.25, -0.2) is 4.98 Å². The van der Waals surface area contributed by atoms with Crippen molar-refractivity contribution >= 4 is 17.5 Å². The smallest absolute Gasteiger partial charge is 0.251 e. The summed E-state index contributed by atoms with van der Waals surface area (Å²) in [7, 11) is 1.52. The van der Waals surface area contributed by atoms with E-state index < -0.39 is 6.10 Å². The number of methoxy groups -OCH3 is 1. The van der Waals surface area contributed by atoms with Crippen molar-refractivity contribution in [1.29, 1.82) is 0 Å². The average Bonchev–Trinajstić information content (AvgIpc) is 2.27. The number of carbonyl (C=O) groups excluding carboxylic acids is 1. The molecular formula is C12H17ClN2O3. The second kappa shape index (κ2) is 7.31. The van der Waals surface area contributed by atoms with Gasteiger partial charge in [-0.3, -0.25) is 4.79 Å². The molecule has 1 rings (SSSR count). The first kappa shape index (κ1) is 14.9. The van der Waals surface area contributed by atoms with Crippen LogP contribution < -0.4 is 5.32 Å². The second-order valence-corrected chi connectivity index (χ2v) is 4.36. The Morgan fingerprint density at radius 1 is 1.61 bits per heavy atom. The molecule has 6 heteroatoms. The number of aromatic nitrogens is 1. The van der Waals surface area contributed by atoms with Gasteiger partial charge in [0.25, 0.3) is 5.91 Å². The van der Waals surface area contributed by atoms with Crippen molar-refractivity contribution in [3.63, 3.8) is 0 Å². The Kier molecular flexibility index (Phi) is 6.04. The van der Waals surface area contributed by atoms with Crippen LogP contribution in [0.3, 0.4) is 0 Å². The number of aryl methyl sites for hydroxylation is 1. The van der Waals surface area contributed by atoms with Crippen molar-refractivity contribution < 1.29 is 14.6 Å². The van der Waals surface area contributed by atoms with Crippen LogP contribution in [0.15, 0.2) is 12.1 Å². The number of rotatable bonds is 6. The molecule has 100 valence electrons. The third kappa shape index (κ3) is 5.00. The number of hydrogen-bond acceptors (Lipinski definition) is 4. The number of aliphatic hydroxyl groups is 1. The van der Waals surface area contributed by atoms with E-state index in [2.05, 4.69) is 10.3 Å². The predicted molar refractivity (Wildman–Crippen MR) is 68.8 cm³/mol. The highest BCUT2D eigenvalue weighted by Gasteiger charge is 2.09. The van der Waals surface area contributed by atoms with Crippen molar-refractivity contribution in [2.75, 3.05) is 20.3 Å². The molecule has 1 atom stereocenters. The van der Waals surface area contributed by atoms with E-state index >= 15 is 0 Å². The van der Waals surface area contributed by atoms with E-state index in [4.69, 9.17) is 16.3 Å². The van der Waals surface area contributed by atoms with E-state index in [1.54, 1.807) is 13.0 Å². The van der Waals surface area contributed by atoms with E-state index in [0.29, 0.717) is 29.4 Å². The summed E-state index contributed by atoms with van der Waals surface area (Å²) in [6.07, 6.45) is -0.129. The Balaban J connectivity index is 2.45. The Bertz CT molecular complexity index is 392. The molecule has 1 heterocycles. The largest absolute Gasteiger partial charge is 0.391 e. The van der Waals surface area contributed by atoms with Crippen LogP contribution in [-0.4, -0.2) is 42.4 Å². The number of ether oxygens (including phenoxy) is 1. The first-order chi connectivity index (χ1) is 8.52. The van der Waals surface area contributed by atoms with Crippen LogP contribution in [-0.2, 0) is 4.74 Å². The first-order valence-electron chi connectivity index (χ1n) is 5.62. The minimum atomic E-state index is -0.571. The number of amides is 1. The van der Waals surface area contributed by atoms with Crippen molar-refractivity contribution in [2.24, 2.45) is 0 Å². The highest BCUT2D eigenvalue weighted by molar-refractivity contribution is 6.29. The number of aliphatic hydroxyl groups excluding tert-OH is 1. The lowest BCUT2D eigenvalue weighted by Gasteiger charge is -2.10. The molecule has 0 aromatic carbocycles. The zero-order valence-electron chi connectivity index (χ0n) is 10.4. The first-order valence-corrected chi connectivity index (χ1v) is 6.00. The molecule has 1 amide bonds. The van der Waals surface area contributed by atoms with Crippen LogP contribution in [0.2, 0.25) is 5.15 Å². The molecule has 0 fully saturated rings. The minimum absolute atomic E-state index is 0.230. The molecule has 1 aromatic heterocycles. The molecule has 0 aliphatic rings. The molecule has 0 spiro atoms. The Morgan fingerprint density at radius 2 is 2.33 bits per heavy atom. The van der Waals surface area contributed by atoms with Gasteiger partial charge in [-0.15, -0.1) is 0 Å². The number of nitrogens with one attached hydrogen (secondary N) is 1. The van der Waals surface area contributed by atoms with Crippen LogP contribution in [0, 0.1) is 6.92 Å². The topological polar surface area (TPSA) is 71.5 Å². The summed E-state index contributed by atoms with van der Waals surface area (Å²) < 4.78 is 4.79. The second-order valence-electron chi connectivity index (χ2n) is 3.97. The molecule has 0 saturated carbocycles. The summed E-state index contributed by atoms with van der Waals surface area (Å²) in [5, 5.41) is 12.4. The van der Waals surface area contributed by atoms with E-state index in [9.17, 15) is 9.90 Å². The summed E-state index contributed by atoms with van der Waals surface area (Å²) in [6.45, 7) is 2.41. The van der Waals surface area contributed by atoms with Gasteiger partial charge < -0.3 is 15.2 Å². The zero-order chi connectivity index (χ0) is 13.5. The van der Waals surface area contributed by atoms with Crippen molar-refractivity contribution in [3.05, 3.63) is 28.5 Å². The number of hydrogen-bond donors (Lipinski definition) is 2. The molecule has 0 aliphatic carbocycles. The van der Waals surface area contributed by atoms with Crippen LogP contribution in [0.1, 0.15) is 22.5 Å². The minimum Gasteiger partial charge on any atom is -0.391 e. The number of halogens is 1. The van der Waals surface area contributed by atoms with Crippen LogP contribution in [0.5, 0.6) is 0 Å². The highest BCUT2D eigenvalue weighted by atomic mass is 35.5. The fourth-order valence-electron chi connectivity index (χ4n) is 1.49. The normalized spacial score (nSPS) is 12.2. The Hall–Kier alpha value is -1.17. The van der Waals surface area contributed by atoms with Gasteiger partial charge in [0.15, 0.2) is 0 Å². The van der Waals surface area contributed by atoms with E-state index in [0.717, 1.165) is 0 Å². The van der Waals surface area contributed by atoms with Gasteiger partial charge in [0, 0.05) is 24.9 Å². The fourth-order valence-corrected chi connectivity index (χ4v) is 1.74. The van der Waals surface area contributed by atoms with Crippen molar-refractivity contribution in [1.82, 2.24) is 10.3 Å². The summed E-state index contributed by atoms with van der Waals surface area (Å²) in [4.78, 5) is 15.8. The van der Waals surface area contributed by atoms with Crippen LogP contribution >= 0.6 is 11.6 Å². The SMILES string of the molecule is COCC(O)CCNC(=O)c1cc(C)nc(Cl)c1. The van der Waals surface area contributed by atoms with Crippen LogP contribution in [0.25, 0.3) is 0 Å². The fraction of sp³-hybridized carbons (Fsp3) is 0.500. The maximum atomic E-state index is 11.8. The molecule has 18 heavy (non-hydrogen) atoms. The van der Waals surface area contributed by atoms with E-state index in [1.165, 1.54) is 13.2 Å². The number of pyridine rings is 1. The van der Waals surface area contributed by atoms with Gasteiger partial charge in [0.1, 0.15) is 5.15 Å². The van der Waals surface area contributed by atoms with Crippen molar-refractivity contribution in [3.8, 4) is 0 Å². The maximum Gasteiger partial charge on any atom is 0.251 e. The van der Waals surface area contributed by atoms with Gasteiger partial charge in [0.05, 0.1) is 12.7 Å². The molecule has 2 N–H and O–H groups in total. The molecule has 5 nitrogen and oxygen atoms in total. The Labute approximate surface area is 111 Å². The third-order valence-corrected chi connectivity index (χ3v) is 2.50.